The molecule has 0 aliphatic carbocycles. The van der Waals surface area contributed by atoms with Crippen LogP contribution < -0.4 is 0 Å². The molecular weight excluding hydrogens is 233 g/mol. The van der Waals surface area contributed by atoms with E-state index >= 15 is 0 Å². The van der Waals surface area contributed by atoms with E-state index in [9.17, 15) is 18.3 Å². The van der Waals surface area contributed by atoms with Crippen LogP contribution in [0.25, 0.3) is 5.69 Å². The number of hydrogen-bond acceptors (Lipinski definition) is 2. The average molecular weight is 242 g/mol. The number of benzene rings is 1. The van der Waals surface area contributed by atoms with Crippen LogP contribution in [0.15, 0.2) is 30.5 Å². The van der Waals surface area contributed by atoms with Crippen molar-refractivity contribution in [1.82, 2.24) is 9.78 Å². The highest BCUT2D eigenvalue weighted by atomic mass is 19.4. The molecule has 90 valence electrons. The smallest absolute Gasteiger partial charge is 0.438 e. The summed E-state index contributed by atoms with van der Waals surface area (Å²) in [5, 5.41) is 12.5. The Morgan fingerprint density at radius 3 is 2.24 bits per heavy atom. The number of aryl methyl sites for hydroxylation is 1. The number of rotatable bonds is 1. The van der Waals surface area contributed by atoms with Crippen LogP contribution in [-0.4, -0.2) is 14.9 Å². The molecule has 0 fully saturated rings. The highest BCUT2D eigenvalue weighted by Gasteiger charge is 2.37. The number of hydrogen-bond donors (Lipinski definition) is 1. The largest absolute Gasteiger partial charge is 0.504 e. The van der Waals surface area contributed by atoms with E-state index in [2.05, 4.69) is 5.10 Å². The van der Waals surface area contributed by atoms with Gasteiger partial charge in [-0.25, -0.2) is 4.68 Å². The Balaban J connectivity index is 2.45. The Labute approximate surface area is 95.1 Å². The van der Waals surface area contributed by atoms with Gasteiger partial charge < -0.3 is 5.11 Å². The molecule has 0 aliphatic heterocycles. The fourth-order valence-corrected chi connectivity index (χ4v) is 1.40. The van der Waals surface area contributed by atoms with Gasteiger partial charge in [-0.2, -0.15) is 18.3 Å². The average Bonchev–Trinajstić information content (AvgIpc) is 2.61. The van der Waals surface area contributed by atoms with Gasteiger partial charge in [0.05, 0.1) is 11.9 Å². The van der Waals surface area contributed by atoms with Gasteiger partial charge in [-0.3, -0.25) is 0 Å². The van der Waals surface area contributed by atoms with Crippen LogP contribution in [0.4, 0.5) is 13.2 Å². The first-order valence-electron chi connectivity index (χ1n) is 4.81. The van der Waals surface area contributed by atoms with E-state index < -0.39 is 17.6 Å². The molecule has 2 aromatic rings. The van der Waals surface area contributed by atoms with E-state index in [1.165, 1.54) is 0 Å². The molecular formula is C11H9F3N2O. The van der Waals surface area contributed by atoms with Crippen molar-refractivity contribution in [2.75, 3.05) is 0 Å². The maximum Gasteiger partial charge on any atom is 0.438 e. The number of aromatic nitrogens is 2. The third-order valence-corrected chi connectivity index (χ3v) is 2.26. The summed E-state index contributed by atoms with van der Waals surface area (Å²) in [7, 11) is 0. The van der Waals surface area contributed by atoms with E-state index in [4.69, 9.17) is 0 Å². The molecule has 0 amide bonds. The van der Waals surface area contributed by atoms with Crippen LogP contribution >= 0.6 is 0 Å². The zero-order valence-electron chi connectivity index (χ0n) is 8.86. The highest BCUT2D eigenvalue weighted by molar-refractivity contribution is 5.37. The minimum Gasteiger partial charge on any atom is -0.504 e. The minimum atomic E-state index is -4.65. The molecule has 17 heavy (non-hydrogen) atoms. The molecule has 0 radical (unpaired) electrons. The molecule has 0 spiro atoms. The minimum absolute atomic E-state index is 0.460. The van der Waals surface area contributed by atoms with E-state index in [1.54, 1.807) is 24.3 Å². The summed E-state index contributed by atoms with van der Waals surface area (Å²) in [6, 6.07) is 6.76. The third kappa shape index (κ3) is 2.25. The second kappa shape index (κ2) is 3.80. The topological polar surface area (TPSA) is 38.0 Å². The third-order valence-electron chi connectivity index (χ3n) is 2.26. The normalized spacial score (nSPS) is 11.8. The molecule has 0 atom stereocenters. The van der Waals surface area contributed by atoms with Crippen molar-refractivity contribution in [3.63, 3.8) is 0 Å². The predicted molar refractivity (Wildman–Crippen MR) is 55.0 cm³/mol. The Kier molecular flexibility index (Phi) is 2.57. The zero-order valence-corrected chi connectivity index (χ0v) is 8.86. The molecule has 3 nitrogen and oxygen atoms in total. The Bertz CT molecular complexity index is 529. The first-order chi connectivity index (χ1) is 7.88. The summed E-state index contributed by atoms with van der Waals surface area (Å²) < 4.78 is 38.2. The van der Waals surface area contributed by atoms with Gasteiger partial charge in [0.15, 0.2) is 5.75 Å². The lowest BCUT2D eigenvalue weighted by Gasteiger charge is -2.02. The van der Waals surface area contributed by atoms with Crippen LogP contribution in [0.5, 0.6) is 5.75 Å². The molecule has 1 heterocycles. The van der Waals surface area contributed by atoms with E-state index in [0.29, 0.717) is 5.69 Å². The van der Waals surface area contributed by atoms with Crippen molar-refractivity contribution in [2.24, 2.45) is 0 Å². The molecule has 2 rings (SSSR count). The van der Waals surface area contributed by atoms with Gasteiger partial charge >= 0.3 is 6.18 Å². The van der Waals surface area contributed by atoms with Gasteiger partial charge in [-0.1, -0.05) is 17.7 Å². The van der Waals surface area contributed by atoms with Crippen LogP contribution in [0.1, 0.15) is 11.3 Å². The highest BCUT2D eigenvalue weighted by Crippen LogP contribution is 2.34. The fraction of sp³-hybridized carbons (Fsp3) is 0.182. The molecule has 0 saturated heterocycles. The van der Waals surface area contributed by atoms with Gasteiger partial charge in [0.2, 0.25) is 5.69 Å². The number of halogens is 3. The predicted octanol–water partition coefficient (Wildman–Crippen LogP) is 2.91. The number of nitrogens with zero attached hydrogens (tertiary/aromatic N) is 2. The summed E-state index contributed by atoms with van der Waals surface area (Å²) in [4.78, 5) is 0. The lowest BCUT2D eigenvalue weighted by molar-refractivity contribution is -0.142. The van der Waals surface area contributed by atoms with E-state index in [-0.39, 0.29) is 0 Å². The van der Waals surface area contributed by atoms with Crippen molar-refractivity contribution in [3.8, 4) is 11.4 Å². The Hall–Kier alpha value is -1.98. The first-order valence-corrected chi connectivity index (χ1v) is 4.81. The van der Waals surface area contributed by atoms with Gasteiger partial charge in [0.25, 0.3) is 0 Å². The molecule has 1 aromatic heterocycles. The molecule has 0 bridgehead atoms. The van der Waals surface area contributed by atoms with Crippen LogP contribution in [-0.2, 0) is 6.18 Å². The number of alkyl halides is 3. The van der Waals surface area contributed by atoms with E-state index in [1.807, 2.05) is 6.92 Å². The molecule has 0 saturated carbocycles. The van der Waals surface area contributed by atoms with Crippen molar-refractivity contribution < 1.29 is 18.3 Å². The van der Waals surface area contributed by atoms with Crippen molar-refractivity contribution in [3.05, 3.63) is 41.7 Å². The maximum atomic E-state index is 12.4. The summed E-state index contributed by atoms with van der Waals surface area (Å²) in [6.07, 6.45) is -3.71. The first kappa shape index (κ1) is 11.5. The SMILES string of the molecule is Cc1ccc(-n2cc(O)c(C(F)(F)F)n2)cc1. The monoisotopic (exact) mass is 242 g/mol. The quantitative estimate of drug-likeness (QED) is 0.834. The molecule has 6 heteroatoms. The van der Waals surface area contributed by atoms with E-state index in [0.717, 1.165) is 16.4 Å². The van der Waals surface area contributed by atoms with Crippen LogP contribution in [0.2, 0.25) is 0 Å². The second-order valence-electron chi connectivity index (χ2n) is 3.64. The summed E-state index contributed by atoms with van der Waals surface area (Å²) >= 11 is 0. The van der Waals surface area contributed by atoms with Gasteiger partial charge in [-0.15, -0.1) is 0 Å². The van der Waals surface area contributed by atoms with Gasteiger partial charge in [-0.05, 0) is 19.1 Å². The Morgan fingerprint density at radius 1 is 1.18 bits per heavy atom. The van der Waals surface area contributed by atoms with Crippen molar-refractivity contribution in [1.29, 1.82) is 0 Å². The van der Waals surface area contributed by atoms with Gasteiger partial charge in [0, 0.05) is 0 Å². The van der Waals surface area contributed by atoms with Crippen molar-refractivity contribution in [2.45, 2.75) is 13.1 Å². The molecule has 0 unspecified atom stereocenters. The lowest BCUT2D eigenvalue weighted by atomic mass is 10.2. The summed E-state index contributed by atoms with van der Waals surface area (Å²) in [5.41, 5.74) is 0.167. The summed E-state index contributed by atoms with van der Waals surface area (Å²) in [5.74, 6) is -0.877. The molecule has 1 aromatic carbocycles. The number of aromatic hydroxyl groups is 1. The van der Waals surface area contributed by atoms with Crippen molar-refractivity contribution >= 4 is 0 Å². The fourth-order valence-electron chi connectivity index (χ4n) is 1.40. The van der Waals surface area contributed by atoms with Gasteiger partial charge in [0.1, 0.15) is 0 Å². The molecule has 0 aliphatic rings. The lowest BCUT2D eigenvalue weighted by Crippen LogP contribution is -2.07. The summed E-state index contributed by atoms with van der Waals surface area (Å²) in [6.45, 7) is 1.87. The molecule has 1 N–H and O–H groups in total. The standard InChI is InChI=1S/C11H9F3N2O/c1-7-2-4-8(5-3-7)16-6-9(17)10(15-16)11(12,13)14/h2-6,17H,1H3. The van der Waals surface area contributed by atoms with Crippen LogP contribution in [0.3, 0.4) is 0 Å². The second-order valence-corrected chi connectivity index (χ2v) is 3.64. The zero-order chi connectivity index (χ0) is 12.6. The maximum absolute atomic E-state index is 12.4. The van der Waals surface area contributed by atoms with Crippen LogP contribution in [0, 0.1) is 6.92 Å². The Morgan fingerprint density at radius 2 is 1.76 bits per heavy atom.